The molecule has 8 aromatic carbocycles. The van der Waals surface area contributed by atoms with Crippen molar-refractivity contribution in [2.45, 2.75) is 0 Å². The van der Waals surface area contributed by atoms with Gasteiger partial charge in [0.15, 0.2) is 11.6 Å². The average molecular weight is 627 g/mol. The molecular weight excluding hydrogens is 597 g/mol. The molecule has 230 valence electrons. The molecular formula is C46H30N2O. The molecule has 9 aromatic rings. The first-order valence-electron chi connectivity index (χ1n) is 16.5. The van der Waals surface area contributed by atoms with Crippen LogP contribution in [0.15, 0.2) is 179 Å². The zero-order valence-corrected chi connectivity index (χ0v) is 26.6. The number of fused-ring (bicyclic) bond motifs is 6. The summed E-state index contributed by atoms with van der Waals surface area (Å²) in [6.07, 6.45) is 3.98. The molecule has 0 aliphatic heterocycles. The Bertz CT molecular complexity index is 2750. The predicted molar refractivity (Wildman–Crippen MR) is 207 cm³/mol. The largest absolute Gasteiger partial charge is 0.454 e. The van der Waals surface area contributed by atoms with Crippen LogP contribution in [0, 0.1) is 5.41 Å². The van der Waals surface area contributed by atoms with Gasteiger partial charge < -0.3 is 4.42 Å². The van der Waals surface area contributed by atoms with Crippen LogP contribution in [0.1, 0.15) is 16.9 Å². The Morgan fingerprint density at radius 1 is 0.510 bits per heavy atom. The molecule has 0 fully saturated rings. The lowest BCUT2D eigenvalue weighted by molar-refractivity contribution is 0.606. The van der Waals surface area contributed by atoms with Crippen LogP contribution in [0.2, 0.25) is 0 Å². The summed E-state index contributed by atoms with van der Waals surface area (Å²) in [4.78, 5) is 4.72. The highest BCUT2D eigenvalue weighted by molar-refractivity contribution is 6.20. The van der Waals surface area contributed by atoms with Gasteiger partial charge in [-0.05, 0) is 96.2 Å². The number of allylic oxidation sites excluding steroid dienone is 1. The van der Waals surface area contributed by atoms with Crippen molar-refractivity contribution in [3.05, 3.63) is 187 Å². The van der Waals surface area contributed by atoms with E-state index < -0.39 is 0 Å². The molecule has 0 radical (unpaired) electrons. The van der Waals surface area contributed by atoms with Crippen molar-refractivity contribution in [3.63, 3.8) is 0 Å². The molecule has 0 aliphatic rings. The normalized spacial score (nSPS) is 12.2. The summed E-state index contributed by atoms with van der Waals surface area (Å²) in [7, 11) is 0. The minimum absolute atomic E-state index is 0.181. The summed E-state index contributed by atoms with van der Waals surface area (Å²) in [6, 6.07) is 56.9. The number of aliphatic imine (C=N–C) groups is 1. The summed E-state index contributed by atoms with van der Waals surface area (Å²) >= 11 is 0. The van der Waals surface area contributed by atoms with Gasteiger partial charge in [-0.3, -0.25) is 5.41 Å². The van der Waals surface area contributed by atoms with E-state index in [2.05, 4.69) is 103 Å². The van der Waals surface area contributed by atoms with Crippen molar-refractivity contribution < 1.29 is 4.42 Å². The van der Waals surface area contributed by atoms with E-state index in [1.54, 1.807) is 0 Å². The molecule has 0 unspecified atom stereocenters. The van der Waals surface area contributed by atoms with Crippen molar-refractivity contribution in [1.82, 2.24) is 0 Å². The number of hydrogen-bond donors (Lipinski definition) is 1. The molecule has 0 saturated heterocycles. The Morgan fingerprint density at radius 3 is 2.06 bits per heavy atom. The molecule has 0 bridgehead atoms. The summed E-state index contributed by atoms with van der Waals surface area (Å²) in [5.74, 6) is 0.805. The maximum Gasteiger partial charge on any atom is 0.153 e. The Labute approximate surface area is 283 Å². The van der Waals surface area contributed by atoms with Gasteiger partial charge in [-0.1, -0.05) is 140 Å². The first-order chi connectivity index (χ1) is 24.2. The number of nitrogens with zero attached hydrogens (tertiary/aromatic N) is 1. The highest BCUT2D eigenvalue weighted by Crippen LogP contribution is 2.40. The quantitative estimate of drug-likeness (QED) is 0.0879. The van der Waals surface area contributed by atoms with Gasteiger partial charge in [-0.2, -0.15) is 0 Å². The Balaban J connectivity index is 1.12. The van der Waals surface area contributed by atoms with Crippen LogP contribution in [-0.2, 0) is 0 Å². The SMILES string of the molecule is N=C(N=C(/C=C/c1ccc2cc(-c3c4ccccc4cc4c3ccc3ccccc34)ccc2c1)c1cc2ccccc2o1)c1ccccc1. The van der Waals surface area contributed by atoms with Crippen LogP contribution >= 0.6 is 0 Å². The molecule has 1 aromatic heterocycles. The zero-order valence-electron chi connectivity index (χ0n) is 26.6. The van der Waals surface area contributed by atoms with Gasteiger partial charge in [0.1, 0.15) is 11.3 Å². The van der Waals surface area contributed by atoms with E-state index in [4.69, 9.17) is 14.8 Å². The van der Waals surface area contributed by atoms with Crippen molar-refractivity contribution in [2.24, 2.45) is 4.99 Å². The molecule has 0 saturated carbocycles. The number of furan rings is 1. The highest BCUT2D eigenvalue weighted by Gasteiger charge is 2.14. The number of nitrogens with one attached hydrogen (secondary N) is 1. The van der Waals surface area contributed by atoms with Gasteiger partial charge in [0.25, 0.3) is 0 Å². The fourth-order valence-corrected chi connectivity index (χ4v) is 6.89. The Kier molecular flexibility index (Phi) is 6.95. The van der Waals surface area contributed by atoms with Crippen molar-refractivity contribution >= 4 is 71.7 Å². The summed E-state index contributed by atoms with van der Waals surface area (Å²) in [6.45, 7) is 0. The summed E-state index contributed by atoms with van der Waals surface area (Å²) in [5.41, 5.74) is 5.63. The maximum atomic E-state index is 8.70. The molecule has 0 aliphatic carbocycles. The lowest BCUT2D eigenvalue weighted by Crippen LogP contribution is -2.02. The lowest BCUT2D eigenvalue weighted by Gasteiger charge is -2.15. The molecule has 1 heterocycles. The molecule has 1 N–H and O–H groups in total. The van der Waals surface area contributed by atoms with E-state index in [1.807, 2.05) is 72.8 Å². The Morgan fingerprint density at radius 2 is 1.20 bits per heavy atom. The average Bonchev–Trinajstić information content (AvgIpc) is 3.60. The second-order valence-electron chi connectivity index (χ2n) is 12.4. The van der Waals surface area contributed by atoms with Crippen LogP contribution in [0.5, 0.6) is 0 Å². The van der Waals surface area contributed by atoms with Gasteiger partial charge in [-0.25, -0.2) is 4.99 Å². The lowest BCUT2D eigenvalue weighted by atomic mass is 9.89. The van der Waals surface area contributed by atoms with Gasteiger partial charge >= 0.3 is 0 Å². The number of rotatable bonds is 5. The first kappa shape index (κ1) is 28.6. The monoisotopic (exact) mass is 626 g/mol. The van der Waals surface area contributed by atoms with Crippen LogP contribution in [0.25, 0.3) is 71.3 Å². The molecule has 0 amide bonds. The molecule has 49 heavy (non-hydrogen) atoms. The molecule has 0 spiro atoms. The number of benzene rings is 8. The van der Waals surface area contributed by atoms with Crippen molar-refractivity contribution in [3.8, 4) is 11.1 Å². The van der Waals surface area contributed by atoms with Gasteiger partial charge in [-0.15, -0.1) is 0 Å². The van der Waals surface area contributed by atoms with Gasteiger partial charge in [0.05, 0.1) is 0 Å². The van der Waals surface area contributed by atoms with E-state index in [9.17, 15) is 0 Å². The number of para-hydroxylation sites is 1. The molecule has 0 atom stereocenters. The van der Waals surface area contributed by atoms with E-state index in [1.165, 1.54) is 48.8 Å². The summed E-state index contributed by atoms with van der Waals surface area (Å²) < 4.78 is 6.19. The molecule has 9 rings (SSSR count). The minimum Gasteiger partial charge on any atom is -0.454 e. The van der Waals surface area contributed by atoms with Crippen molar-refractivity contribution in [2.75, 3.05) is 0 Å². The second kappa shape index (κ2) is 11.9. The number of hydrogen-bond acceptors (Lipinski definition) is 2. The fourth-order valence-electron chi connectivity index (χ4n) is 6.89. The second-order valence-corrected chi connectivity index (χ2v) is 12.4. The van der Waals surface area contributed by atoms with Crippen molar-refractivity contribution in [1.29, 1.82) is 5.41 Å². The first-order valence-corrected chi connectivity index (χ1v) is 16.5. The van der Waals surface area contributed by atoms with Gasteiger partial charge in [0.2, 0.25) is 0 Å². The molecule has 3 heteroatoms. The Hall–Kier alpha value is -6.58. The third-order valence-corrected chi connectivity index (χ3v) is 9.31. The van der Waals surface area contributed by atoms with Crippen LogP contribution < -0.4 is 0 Å². The zero-order chi connectivity index (χ0) is 32.7. The molecule has 3 nitrogen and oxygen atoms in total. The van der Waals surface area contributed by atoms with Gasteiger partial charge in [0, 0.05) is 10.9 Å². The fraction of sp³-hybridized carbons (Fsp3) is 0. The topological polar surface area (TPSA) is 49.4 Å². The number of amidine groups is 1. The smallest absolute Gasteiger partial charge is 0.153 e. The minimum atomic E-state index is 0.181. The van der Waals surface area contributed by atoms with E-state index in [0.29, 0.717) is 11.5 Å². The van der Waals surface area contributed by atoms with E-state index in [-0.39, 0.29) is 5.84 Å². The van der Waals surface area contributed by atoms with E-state index in [0.717, 1.165) is 27.5 Å². The van der Waals surface area contributed by atoms with Crippen LogP contribution in [-0.4, -0.2) is 11.5 Å². The highest BCUT2D eigenvalue weighted by atomic mass is 16.3. The third-order valence-electron chi connectivity index (χ3n) is 9.31. The van der Waals surface area contributed by atoms with Crippen LogP contribution in [0.4, 0.5) is 0 Å². The maximum absolute atomic E-state index is 8.70. The third kappa shape index (κ3) is 5.28. The predicted octanol–water partition coefficient (Wildman–Crippen LogP) is 12.2. The standard InChI is InChI=1S/C46H30N2O/c47-46(32-11-2-1-3-12-32)48-42(44-29-36-14-6-9-17-43(36)49-44)25-19-30-18-20-34-27-37(22-21-33(34)26-30)45-39-16-8-5-13-35(39)28-41-38-15-7-4-10-31(38)23-24-40(41)45/h1-29,47H/b25-19+,47-46?,48-42?. The summed E-state index contributed by atoms with van der Waals surface area (Å²) in [5, 5.41) is 19.6. The van der Waals surface area contributed by atoms with E-state index >= 15 is 0 Å². The van der Waals surface area contributed by atoms with Crippen LogP contribution in [0.3, 0.4) is 0 Å².